The number of aromatic carboxylic acids is 1. The Morgan fingerprint density at radius 3 is 2.79 bits per heavy atom. The first-order chi connectivity index (χ1) is 8.97. The molecule has 2 aromatic rings. The number of rotatable bonds is 4. The Bertz CT molecular complexity index is 656. The molecule has 0 unspecified atom stereocenters. The first-order valence-electron chi connectivity index (χ1n) is 4.97. The normalized spacial score (nSPS) is 10.4. The second-order valence-corrected chi connectivity index (χ2v) is 5.52. The van der Waals surface area contributed by atoms with Gasteiger partial charge in [0.2, 0.25) is 0 Å². The van der Waals surface area contributed by atoms with Crippen molar-refractivity contribution in [2.45, 2.75) is 16.2 Å². The van der Waals surface area contributed by atoms with E-state index in [1.807, 2.05) is 0 Å². The number of aromatic nitrogens is 2. The zero-order chi connectivity index (χ0) is 14.0. The van der Waals surface area contributed by atoms with E-state index in [4.69, 9.17) is 5.11 Å². The predicted molar refractivity (Wildman–Crippen MR) is 68.8 cm³/mol. The van der Waals surface area contributed by atoms with Gasteiger partial charge in [0.05, 0.1) is 4.92 Å². The molecule has 98 valence electrons. The van der Waals surface area contributed by atoms with Crippen LogP contribution >= 0.6 is 23.3 Å². The van der Waals surface area contributed by atoms with Crippen LogP contribution in [0.5, 0.6) is 0 Å². The molecule has 0 aliphatic rings. The number of aryl methyl sites for hydroxylation is 1. The predicted octanol–water partition coefficient (Wildman–Crippen LogP) is 2.60. The molecule has 1 N–H and O–H groups in total. The van der Waals surface area contributed by atoms with Crippen molar-refractivity contribution >= 4 is 35.0 Å². The summed E-state index contributed by atoms with van der Waals surface area (Å²) < 4.78 is 4.65. The van der Waals surface area contributed by atoms with Gasteiger partial charge in [0.25, 0.3) is 5.69 Å². The van der Waals surface area contributed by atoms with Crippen molar-refractivity contribution in [1.29, 1.82) is 0 Å². The topological polar surface area (TPSA) is 106 Å². The maximum absolute atomic E-state index is 10.9. The number of carbonyl (C=O) groups is 1. The van der Waals surface area contributed by atoms with Gasteiger partial charge in [-0.2, -0.15) is 4.37 Å². The average Bonchev–Trinajstić information content (AvgIpc) is 2.74. The van der Waals surface area contributed by atoms with E-state index in [0.717, 1.165) is 0 Å². The van der Waals surface area contributed by atoms with E-state index < -0.39 is 16.6 Å². The van der Waals surface area contributed by atoms with Crippen LogP contribution in [0.15, 0.2) is 27.4 Å². The summed E-state index contributed by atoms with van der Waals surface area (Å²) in [6.07, 6.45) is 0. The van der Waals surface area contributed by atoms with Gasteiger partial charge in [0, 0.05) is 11.0 Å². The fourth-order valence-electron chi connectivity index (χ4n) is 1.33. The molecule has 0 fully saturated rings. The third-order valence-electron chi connectivity index (χ3n) is 2.11. The lowest BCUT2D eigenvalue weighted by Crippen LogP contribution is -2.02. The highest BCUT2D eigenvalue weighted by Crippen LogP contribution is 2.32. The zero-order valence-corrected chi connectivity index (χ0v) is 11.2. The molecule has 9 heteroatoms. The number of nitrogens with zero attached hydrogens (tertiary/aromatic N) is 3. The monoisotopic (exact) mass is 297 g/mol. The molecule has 1 aromatic heterocycles. The lowest BCUT2D eigenvalue weighted by molar-refractivity contribution is -0.385. The highest BCUT2D eigenvalue weighted by molar-refractivity contribution is 8.01. The number of carboxylic acids is 1. The second kappa shape index (κ2) is 5.33. The van der Waals surface area contributed by atoms with Crippen molar-refractivity contribution in [3.63, 3.8) is 0 Å². The van der Waals surface area contributed by atoms with Gasteiger partial charge in [-0.05, 0) is 30.6 Å². The van der Waals surface area contributed by atoms with Crippen LogP contribution in [-0.2, 0) is 0 Å². The summed E-state index contributed by atoms with van der Waals surface area (Å²) in [4.78, 5) is 25.7. The largest absolute Gasteiger partial charge is 0.477 e. The van der Waals surface area contributed by atoms with E-state index in [1.165, 1.54) is 41.5 Å². The molecule has 1 aromatic carbocycles. The minimum atomic E-state index is -1.32. The van der Waals surface area contributed by atoms with Gasteiger partial charge in [-0.15, -0.1) is 0 Å². The third kappa shape index (κ3) is 3.06. The summed E-state index contributed by atoms with van der Waals surface area (Å²) in [5.74, 6) is -0.695. The van der Waals surface area contributed by atoms with E-state index in [-0.39, 0.29) is 5.56 Å². The van der Waals surface area contributed by atoms with Gasteiger partial charge in [-0.1, -0.05) is 11.8 Å². The van der Waals surface area contributed by atoms with E-state index in [2.05, 4.69) is 9.36 Å². The summed E-state index contributed by atoms with van der Waals surface area (Å²) in [7, 11) is 0. The Hall–Kier alpha value is -2.00. The highest BCUT2D eigenvalue weighted by Gasteiger charge is 2.20. The van der Waals surface area contributed by atoms with E-state index in [9.17, 15) is 14.9 Å². The Kier molecular flexibility index (Phi) is 3.76. The van der Waals surface area contributed by atoms with Crippen molar-refractivity contribution in [1.82, 2.24) is 9.36 Å². The molecule has 7 nitrogen and oxygen atoms in total. The molecule has 0 amide bonds. The van der Waals surface area contributed by atoms with Crippen LogP contribution in [-0.4, -0.2) is 25.4 Å². The Morgan fingerprint density at radius 2 is 2.26 bits per heavy atom. The molecule has 0 saturated carbocycles. The standard InChI is InChI=1S/C10H7N3O4S2/c1-5-11-10(19-12-5)18-6-2-3-7(9(14)15)8(4-6)13(16)17/h2-4H,1H3,(H,14,15). The molecule has 0 saturated heterocycles. The van der Waals surface area contributed by atoms with E-state index in [1.54, 1.807) is 6.92 Å². The Labute approximate surface area is 115 Å². The Morgan fingerprint density at radius 1 is 1.53 bits per heavy atom. The molecule has 0 radical (unpaired) electrons. The lowest BCUT2D eigenvalue weighted by atomic mass is 10.2. The summed E-state index contributed by atoms with van der Waals surface area (Å²) in [5.41, 5.74) is -0.762. The molecule has 2 rings (SSSR count). The van der Waals surface area contributed by atoms with Crippen molar-refractivity contribution in [2.75, 3.05) is 0 Å². The van der Waals surface area contributed by atoms with Gasteiger partial charge < -0.3 is 5.11 Å². The molecule has 19 heavy (non-hydrogen) atoms. The summed E-state index contributed by atoms with van der Waals surface area (Å²) in [6, 6.07) is 3.96. The minimum absolute atomic E-state index is 0.331. The van der Waals surface area contributed by atoms with Crippen molar-refractivity contribution < 1.29 is 14.8 Å². The smallest absolute Gasteiger partial charge is 0.342 e. The third-order valence-corrected chi connectivity index (χ3v) is 3.94. The minimum Gasteiger partial charge on any atom is -0.477 e. The highest BCUT2D eigenvalue weighted by atomic mass is 32.2. The van der Waals surface area contributed by atoms with Crippen LogP contribution in [0.2, 0.25) is 0 Å². The van der Waals surface area contributed by atoms with Crippen molar-refractivity contribution in [3.8, 4) is 0 Å². The summed E-state index contributed by atoms with van der Waals surface area (Å²) >= 11 is 2.39. The lowest BCUT2D eigenvalue weighted by Gasteiger charge is -2.01. The summed E-state index contributed by atoms with van der Waals surface area (Å²) in [5, 5.41) is 19.7. The number of benzene rings is 1. The first-order valence-corrected chi connectivity index (χ1v) is 6.56. The second-order valence-electron chi connectivity index (χ2n) is 3.45. The van der Waals surface area contributed by atoms with Crippen LogP contribution in [0, 0.1) is 17.0 Å². The van der Waals surface area contributed by atoms with Gasteiger partial charge in [-0.25, -0.2) is 9.78 Å². The van der Waals surface area contributed by atoms with Gasteiger partial charge in [-0.3, -0.25) is 10.1 Å². The van der Waals surface area contributed by atoms with Crippen molar-refractivity contribution in [2.24, 2.45) is 0 Å². The van der Waals surface area contributed by atoms with Crippen LogP contribution in [0.25, 0.3) is 0 Å². The fraction of sp³-hybridized carbons (Fsp3) is 0.100. The van der Waals surface area contributed by atoms with Gasteiger partial charge in [0.15, 0.2) is 4.34 Å². The number of nitro groups is 1. The molecule has 0 aliphatic heterocycles. The van der Waals surface area contributed by atoms with E-state index in [0.29, 0.717) is 15.1 Å². The average molecular weight is 297 g/mol. The Balaban J connectivity index is 2.35. The number of hydrogen-bond acceptors (Lipinski definition) is 7. The van der Waals surface area contributed by atoms with Gasteiger partial charge in [0.1, 0.15) is 11.4 Å². The molecule has 0 atom stereocenters. The molecule has 0 spiro atoms. The van der Waals surface area contributed by atoms with Crippen molar-refractivity contribution in [3.05, 3.63) is 39.7 Å². The zero-order valence-electron chi connectivity index (χ0n) is 9.56. The molecular formula is C10H7N3O4S2. The van der Waals surface area contributed by atoms with E-state index >= 15 is 0 Å². The number of nitro benzene ring substituents is 1. The maximum atomic E-state index is 10.9. The molecule has 0 bridgehead atoms. The van der Waals surface area contributed by atoms with Crippen LogP contribution in [0.4, 0.5) is 5.69 Å². The van der Waals surface area contributed by atoms with Crippen LogP contribution < -0.4 is 0 Å². The fourth-order valence-corrected chi connectivity index (χ4v) is 2.99. The molecule has 0 aliphatic carbocycles. The molecular weight excluding hydrogens is 290 g/mol. The maximum Gasteiger partial charge on any atom is 0.342 e. The number of hydrogen-bond donors (Lipinski definition) is 1. The van der Waals surface area contributed by atoms with Crippen LogP contribution in [0.3, 0.4) is 0 Å². The van der Waals surface area contributed by atoms with Crippen LogP contribution in [0.1, 0.15) is 16.2 Å². The van der Waals surface area contributed by atoms with Gasteiger partial charge >= 0.3 is 5.97 Å². The quantitative estimate of drug-likeness (QED) is 0.682. The summed E-state index contributed by atoms with van der Waals surface area (Å²) in [6.45, 7) is 1.75. The molecule has 1 heterocycles. The first kappa shape index (κ1) is 13.4. The SMILES string of the molecule is Cc1nsc(Sc2ccc(C(=O)O)c([N+](=O)[O-])c2)n1. The number of carboxylic acid groups (broad SMARTS) is 1.